The summed E-state index contributed by atoms with van der Waals surface area (Å²) in [6, 6.07) is 26.8. The first kappa shape index (κ1) is 22.5. The van der Waals surface area contributed by atoms with Crippen LogP contribution in [0.4, 0.5) is 0 Å². The van der Waals surface area contributed by atoms with Crippen molar-refractivity contribution < 1.29 is 9.47 Å². The summed E-state index contributed by atoms with van der Waals surface area (Å²) in [6.45, 7) is 5.45. The van der Waals surface area contributed by atoms with Crippen LogP contribution in [0.1, 0.15) is 31.4 Å². The molecule has 1 aromatic heterocycles. The highest BCUT2D eigenvalue weighted by Gasteiger charge is 2.15. The van der Waals surface area contributed by atoms with Crippen LogP contribution in [0, 0.1) is 0 Å². The topological polar surface area (TPSA) is 74.1 Å². The number of rotatable bonds is 11. The minimum atomic E-state index is 0.280. The minimum Gasteiger partial charge on any atom is -0.490 e. The SMILES string of the molecule is CCOc1cc(CN[C@@H](C)CCc2ccccc2)ccc1Oc1nnnn1-c1ccccc1. The van der Waals surface area contributed by atoms with Crippen molar-refractivity contribution in [3.05, 3.63) is 90.0 Å². The second kappa shape index (κ2) is 11.2. The predicted octanol–water partition coefficient (Wildman–Crippen LogP) is 4.96. The molecule has 0 fully saturated rings. The highest BCUT2D eigenvalue weighted by molar-refractivity contribution is 5.45. The van der Waals surface area contributed by atoms with Gasteiger partial charge in [-0.2, -0.15) is 4.68 Å². The first-order chi connectivity index (χ1) is 16.2. The smallest absolute Gasteiger partial charge is 0.346 e. The average Bonchev–Trinajstić information content (AvgIpc) is 3.32. The molecular weight excluding hydrogens is 414 g/mol. The fraction of sp³-hybridized carbons (Fsp3) is 0.269. The molecule has 0 saturated carbocycles. The number of nitrogens with one attached hydrogen (secondary N) is 1. The van der Waals surface area contributed by atoms with Gasteiger partial charge in [-0.05, 0) is 72.5 Å². The second-order valence-electron chi connectivity index (χ2n) is 7.83. The van der Waals surface area contributed by atoms with Crippen LogP contribution < -0.4 is 14.8 Å². The van der Waals surface area contributed by atoms with E-state index in [0.29, 0.717) is 24.1 Å². The molecule has 33 heavy (non-hydrogen) atoms. The van der Waals surface area contributed by atoms with Gasteiger partial charge >= 0.3 is 6.01 Å². The molecule has 0 spiro atoms. The molecule has 0 aliphatic carbocycles. The van der Waals surface area contributed by atoms with E-state index in [1.807, 2.05) is 55.5 Å². The molecule has 3 aromatic carbocycles. The normalized spacial score (nSPS) is 11.8. The summed E-state index contributed by atoms with van der Waals surface area (Å²) in [7, 11) is 0. The average molecular weight is 444 g/mol. The van der Waals surface area contributed by atoms with Gasteiger partial charge in [0.2, 0.25) is 0 Å². The molecule has 0 radical (unpaired) electrons. The van der Waals surface area contributed by atoms with E-state index < -0.39 is 0 Å². The van der Waals surface area contributed by atoms with Crippen molar-refractivity contribution in [3.8, 4) is 23.2 Å². The molecule has 4 aromatic rings. The second-order valence-corrected chi connectivity index (χ2v) is 7.83. The Balaban J connectivity index is 1.40. The highest BCUT2D eigenvalue weighted by atomic mass is 16.5. The molecule has 0 saturated heterocycles. The molecule has 1 atom stereocenters. The number of hydrogen-bond donors (Lipinski definition) is 1. The van der Waals surface area contributed by atoms with Crippen molar-refractivity contribution in [2.75, 3.05) is 6.61 Å². The van der Waals surface area contributed by atoms with Crippen LogP contribution in [0.5, 0.6) is 17.5 Å². The summed E-state index contributed by atoms with van der Waals surface area (Å²) < 4.78 is 13.4. The molecule has 0 aliphatic heterocycles. The van der Waals surface area contributed by atoms with Gasteiger partial charge in [0, 0.05) is 12.6 Å². The van der Waals surface area contributed by atoms with E-state index in [1.165, 1.54) is 5.56 Å². The van der Waals surface area contributed by atoms with Gasteiger partial charge in [-0.15, -0.1) is 0 Å². The molecule has 7 nitrogen and oxygen atoms in total. The number of hydrogen-bond acceptors (Lipinski definition) is 6. The monoisotopic (exact) mass is 443 g/mol. The molecular formula is C26H29N5O2. The van der Waals surface area contributed by atoms with E-state index in [-0.39, 0.29) is 6.01 Å². The van der Waals surface area contributed by atoms with E-state index in [2.05, 4.69) is 58.1 Å². The lowest BCUT2D eigenvalue weighted by Crippen LogP contribution is -2.26. The molecule has 0 amide bonds. The standard InChI is InChI=1S/C26H29N5O2/c1-3-32-25-18-22(19-27-20(2)14-15-21-10-6-4-7-11-21)16-17-24(25)33-26-28-29-30-31(26)23-12-8-5-9-13-23/h4-13,16-18,20,27H,3,14-15,19H2,1-2H3/t20-/m0/s1. The van der Waals surface area contributed by atoms with Crippen molar-refractivity contribution in [2.45, 2.75) is 39.3 Å². The molecule has 0 aliphatic rings. The lowest BCUT2D eigenvalue weighted by Gasteiger charge is -2.16. The van der Waals surface area contributed by atoms with Crippen molar-refractivity contribution in [1.82, 2.24) is 25.5 Å². The van der Waals surface area contributed by atoms with Crippen LogP contribution in [0.3, 0.4) is 0 Å². The van der Waals surface area contributed by atoms with Gasteiger partial charge in [-0.25, -0.2) is 0 Å². The van der Waals surface area contributed by atoms with Crippen LogP contribution in [0.15, 0.2) is 78.9 Å². The van der Waals surface area contributed by atoms with Gasteiger partial charge in [0.25, 0.3) is 0 Å². The first-order valence-electron chi connectivity index (χ1n) is 11.3. The Bertz CT molecular complexity index is 1130. The Hall–Kier alpha value is -3.71. The zero-order valence-electron chi connectivity index (χ0n) is 19.0. The zero-order chi connectivity index (χ0) is 22.9. The quantitative estimate of drug-likeness (QED) is 0.353. The van der Waals surface area contributed by atoms with Gasteiger partial charge < -0.3 is 14.8 Å². The lowest BCUT2D eigenvalue weighted by atomic mass is 10.1. The molecule has 1 heterocycles. The number of aryl methyl sites for hydroxylation is 1. The molecule has 0 bridgehead atoms. The van der Waals surface area contributed by atoms with Crippen LogP contribution in [0.25, 0.3) is 5.69 Å². The van der Waals surface area contributed by atoms with Crippen LogP contribution in [-0.2, 0) is 13.0 Å². The van der Waals surface area contributed by atoms with Crippen molar-refractivity contribution in [2.24, 2.45) is 0 Å². The zero-order valence-corrected chi connectivity index (χ0v) is 19.0. The fourth-order valence-corrected chi connectivity index (χ4v) is 3.51. The third kappa shape index (κ3) is 6.17. The van der Waals surface area contributed by atoms with E-state index in [1.54, 1.807) is 4.68 Å². The van der Waals surface area contributed by atoms with E-state index in [0.717, 1.165) is 30.6 Å². The maximum absolute atomic E-state index is 6.04. The van der Waals surface area contributed by atoms with Gasteiger partial charge in [0.1, 0.15) is 0 Å². The molecule has 170 valence electrons. The maximum atomic E-state index is 6.04. The fourth-order valence-electron chi connectivity index (χ4n) is 3.51. The van der Waals surface area contributed by atoms with Crippen molar-refractivity contribution >= 4 is 0 Å². The van der Waals surface area contributed by atoms with E-state index >= 15 is 0 Å². The Morgan fingerprint density at radius 2 is 1.67 bits per heavy atom. The van der Waals surface area contributed by atoms with Gasteiger partial charge in [0.05, 0.1) is 12.3 Å². The number of aromatic nitrogens is 4. The van der Waals surface area contributed by atoms with Crippen molar-refractivity contribution in [1.29, 1.82) is 0 Å². The van der Waals surface area contributed by atoms with E-state index in [4.69, 9.17) is 9.47 Å². The summed E-state index contributed by atoms with van der Waals surface area (Å²) in [5.41, 5.74) is 3.31. The van der Waals surface area contributed by atoms with E-state index in [9.17, 15) is 0 Å². The molecule has 0 unspecified atom stereocenters. The summed E-state index contributed by atoms with van der Waals surface area (Å²) in [5, 5.41) is 15.4. The van der Waals surface area contributed by atoms with Gasteiger partial charge in [-0.3, -0.25) is 0 Å². The maximum Gasteiger partial charge on any atom is 0.346 e. The number of ether oxygens (including phenoxy) is 2. The molecule has 4 rings (SSSR count). The highest BCUT2D eigenvalue weighted by Crippen LogP contribution is 2.32. The Kier molecular flexibility index (Phi) is 7.66. The molecule has 7 heteroatoms. The summed E-state index contributed by atoms with van der Waals surface area (Å²) in [5.74, 6) is 1.24. The Morgan fingerprint density at radius 1 is 0.909 bits per heavy atom. The molecule has 1 N–H and O–H groups in total. The van der Waals surface area contributed by atoms with Gasteiger partial charge in [-0.1, -0.05) is 59.7 Å². The summed E-state index contributed by atoms with van der Waals surface area (Å²) >= 11 is 0. The van der Waals surface area contributed by atoms with Crippen molar-refractivity contribution in [3.63, 3.8) is 0 Å². The summed E-state index contributed by atoms with van der Waals surface area (Å²) in [6.07, 6.45) is 2.13. The lowest BCUT2D eigenvalue weighted by molar-refractivity contribution is 0.315. The number of benzene rings is 3. The third-order valence-corrected chi connectivity index (χ3v) is 5.31. The Morgan fingerprint density at radius 3 is 2.42 bits per heavy atom. The third-order valence-electron chi connectivity index (χ3n) is 5.31. The minimum absolute atomic E-state index is 0.280. The first-order valence-corrected chi connectivity index (χ1v) is 11.3. The Labute approximate surface area is 194 Å². The van der Waals surface area contributed by atoms with Crippen LogP contribution in [0.2, 0.25) is 0 Å². The summed E-state index contributed by atoms with van der Waals surface area (Å²) in [4.78, 5) is 0. The number of para-hydroxylation sites is 1. The number of nitrogens with zero attached hydrogens (tertiary/aromatic N) is 4. The number of tetrazole rings is 1. The van der Waals surface area contributed by atoms with Crippen LogP contribution in [-0.4, -0.2) is 32.9 Å². The van der Waals surface area contributed by atoms with Gasteiger partial charge in [0.15, 0.2) is 11.5 Å². The largest absolute Gasteiger partial charge is 0.490 e. The predicted molar refractivity (Wildman–Crippen MR) is 128 cm³/mol. The van der Waals surface area contributed by atoms with Crippen LogP contribution >= 0.6 is 0 Å².